The third-order valence-electron chi connectivity index (χ3n) is 3.90. The molecule has 6 nitrogen and oxygen atoms in total. The molecule has 0 heterocycles. The summed E-state index contributed by atoms with van der Waals surface area (Å²) in [6.45, 7) is 10.1. The topological polar surface area (TPSA) is 96.2 Å². The molecule has 1 atom stereocenters. The van der Waals surface area contributed by atoms with Crippen molar-refractivity contribution < 1.29 is 9.59 Å². The molecule has 0 aliphatic heterocycles. The third kappa shape index (κ3) is 5.56. The van der Waals surface area contributed by atoms with Crippen molar-refractivity contribution in [1.29, 1.82) is 0 Å². The predicted molar refractivity (Wildman–Crippen MR) is 93.5 cm³/mol. The van der Waals surface area contributed by atoms with Gasteiger partial charge in [-0.2, -0.15) is 0 Å². The zero-order valence-corrected chi connectivity index (χ0v) is 14.6. The van der Waals surface area contributed by atoms with Crippen LogP contribution in [-0.2, 0) is 0 Å². The lowest BCUT2D eigenvalue weighted by atomic mass is 9.88. The molecule has 1 aromatic carbocycles. The van der Waals surface area contributed by atoms with Gasteiger partial charge in [0, 0.05) is 23.8 Å². The van der Waals surface area contributed by atoms with Gasteiger partial charge < -0.3 is 21.7 Å². The zero-order chi connectivity index (χ0) is 17.6. The normalized spacial score (nSPS) is 13.6. The highest BCUT2D eigenvalue weighted by atomic mass is 16.2. The predicted octanol–water partition coefficient (Wildman–Crippen LogP) is 2.32. The van der Waals surface area contributed by atoms with Gasteiger partial charge in [-0.15, -0.1) is 0 Å². The van der Waals surface area contributed by atoms with Crippen LogP contribution in [0.3, 0.4) is 0 Å². The number of anilines is 1. The molecule has 128 valence electrons. The molecule has 1 rings (SSSR count). The number of hydrogen-bond donors (Lipinski definition) is 4. The number of carbonyl (C=O) groups is 2. The van der Waals surface area contributed by atoms with E-state index < -0.39 is 5.54 Å². The number of urea groups is 1. The Hall–Kier alpha value is -2.08. The van der Waals surface area contributed by atoms with E-state index in [9.17, 15) is 9.59 Å². The minimum absolute atomic E-state index is 0.0396. The summed E-state index contributed by atoms with van der Waals surface area (Å²) in [5.41, 5.74) is 6.36. The molecule has 1 unspecified atom stereocenters. The van der Waals surface area contributed by atoms with Crippen molar-refractivity contribution in [2.45, 2.75) is 46.2 Å². The van der Waals surface area contributed by atoms with Crippen molar-refractivity contribution in [2.75, 3.05) is 11.9 Å². The quantitative estimate of drug-likeness (QED) is 0.647. The van der Waals surface area contributed by atoms with Crippen LogP contribution >= 0.6 is 0 Å². The molecule has 0 aliphatic carbocycles. The standard InChI is InChI=1S/C17H28N4O2/c1-11(2)17(5,10-18)21-15(22)13-7-6-8-14(9-13)20-16(23)19-12(3)4/h6-9,11-12H,10,18H2,1-5H3,(H,21,22)(H2,19,20,23). The average Bonchev–Trinajstić information content (AvgIpc) is 2.46. The van der Waals surface area contributed by atoms with Crippen molar-refractivity contribution in [3.63, 3.8) is 0 Å². The number of benzene rings is 1. The summed E-state index contributed by atoms with van der Waals surface area (Å²) in [6, 6.07) is 6.56. The number of rotatable bonds is 6. The molecule has 0 saturated carbocycles. The van der Waals surface area contributed by atoms with Crippen molar-refractivity contribution in [3.05, 3.63) is 29.8 Å². The zero-order valence-electron chi connectivity index (χ0n) is 14.6. The van der Waals surface area contributed by atoms with Crippen LogP contribution in [0.5, 0.6) is 0 Å². The molecular formula is C17H28N4O2. The van der Waals surface area contributed by atoms with Crippen molar-refractivity contribution in [1.82, 2.24) is 10.6 Å². The molecule has 6 heteroatoms. The first-order chi connectivity index (χ1) is 10.7. The Bertz CT molecular complexity index is 557. The maximum atomic E-state index is 12.4. The van der Waals surface area contributed by atoms with Crippen molar-refractivity contribution in [2.24, 2.45) is 11.7 Å². The lowest BCUT2D eigenvalue weighted by Gasteiger charge is -2.33. The van der Waals surface area contributed by atoms with E-state index in [0.29, 0.717) is 17.8 Å². The van der Waals surface area contributed by atoms with Crippen molar-refractivity contribution in [3.8, 4) is 0 Å². The second-order valence-corrected chi connectivity index (χ2v) is 6.56. The fraction of sp³-hybridized carbons (Fsp3) is 0.529. The summed E-state index contributed by atoms with van der Waals surface area (Å²) < 4.78 is 0. The molecule has 0 spiro atoms. The van der Waals surface area contributed by atoms with E-state index in [1.807, 2.05) is 34.6 Å². The first-order valence-corrected chi connectivity index (χ1v) is 7.88. The van der Waals surface area contributed by atoms with Crippen LogP contribution in [0, 0.1) is 5.92 Å². The highest BCUT2D eigenvalue weighted by Crippen LogP contribution is 2.17. The van der Waals surface area contributed by atoms with Crippen LogP contribution in [-0.4, -0.2) is 30.1 Å². The molecule has 0 fully saturated rings. The van der Waals surface area contributed by atoms with Crippen molar-refractivity contribution >= 4 is 17.6 Å². The largest absolute Gasteiger partial charge is 0.345 e. The summed E-state index contributed by atoms with van der Waals surface area (Å²) in [5, 5.41) is 8.43. The van der Waals surface area contributed by atoms with Crippen LogP contribution in [0.1, 0.15) is 45.0 Å². The maximum Gasteiger partial charge on any atom is 0.319 e. The number of amides is 3. The van der Waals surface area contributed by atoms with E-state index >= 15 is 0 Å². The molecule has 5 N–H and O–H groups in total. The highest BCUT2D eigenvalue weighted by molar-refractivity contribution is 5.97. The second kappa shape index (κ2) is 7.97. The first kappa shape index (κ1) is 19.0. The van der Waals surface area contributed by atoms with Gasteiger partial charge in [-0.1, -0.05) is 19.9 Å². The monoisotopic (exact) mass is 320 g/mol. The van der Waals surface area contributed by atoms with E-state index in [2.05, 4.69) is 16.0 Å². The Labute approximate surface area is 138 Å². The Morgan fingerprint density at radius 1 is 1.22 bits per heavy atom. The van der Waals surface area contributed by atoms with E-state index in [1.54, 1.807) is 24.3 Å². The number of nitrogens with two attached hydrogens (primary N) is 1. The van der Waals surface area contributed by atoms with Crippen LogP contribution in [0.15, 0.2) is 24.3 Å². The number of nitrogens with one attached hydrogen (secondary N) is 3. The minimum atomic E-state index is -0.477. The fourth-order valence-corrected chi connectivity index (χ4v) is 1.93. The lowest BCUT2D eigenvalue weighted by molar-refractivity contribution is 0.0883. The molecule has 3 amide bonds. The SMILES string of the molecule is CC(C)NC(=O)Nc1cccc(C(=O)NC(C)(CN)C(C)C)c1. The Morgan fingerprint density at radius 2 is 1.87 bits per heavy atom. The minimum Gasteiger partial charge on any atom is -0.345 e. The Morgan fingerprint density at radius 3 is 2.39 bits per heavy atom. The van der Waals surface area contributed by atoms with E-state index in [4.69, 9.17) is 5.73 Å². The van der Waals surface area contributed by atoms with Gasteiger partial charge in [0.2, 0.25) is 0 Å². The van der Waals surface area contributed by atoms with E-state index in [0.717, 1.165) is 0 Å². The molecule has 1 aromatic rings. The van der Waals surface area contributed by atoms with Gasteiger partial charge in [-0.25, -0.2) is 4.79 Å². The van der Waals surface area contributed by atoms with E-state index in [1.165, 1.54) is 0 Å². The van der Waals surface area contributed by atoms with Gasteiger partial charge in [-0.05, 0) is 44.9 Å². The lowest BCUT2D eigenvalue weighted by Crippen LogP contribution is -2.55. The summed E-state index contributed by atoms with van der Waals surface area (Å²) in [6.07, 6.45) is 0. The van der Waals surface area contributed by atoms with Crippen LogP contribution in [0.2, 0.25) is 0 Å². The average molecular weight is 320 g/mol. The summed E-state index contributed by atoms with van der Waals surface area (Å²) in [7, 11) is 0. The first-order valence-electron chi connectivity index (χ1n) is 7.88. The Balaban J connectivity index is 2.83. The molecule has 0 bridgehead atoms. The molecule has 0 radical (unpaired) electrons. The summed E-state index contributed by atoms with van der Waals surface area (Å²) >= 11 is 0. The third-order valence-corrected chi connectivity index (χ3v) is 3.90. The van der Waals surface area contributed by atoms with Crippen LogP contribution in [0.25, 0.3) is 0 Å². The summed E-state index contributed by atoms with van der Waals surface area (Å²) in [5.74, 6) is -0.00542. The highest BCUT2D eigenvalue weighted by Gasteiger charge is 2.28. The maximum absolute atomic E-state index is 12.4. The summed E-state index contributed by atoms with van der Waals surface area (Å²) in [4.78, 5) is 24.2. The van der Waals surface area contributed by atoms with Gasteiger partial charge in [0.05, 0.1) is 5.54 Å². The molecule has 0 aromatic heterocycles. The number of hydrogen-bond acceptors (Lipinski definition) is 3. The van der Waals surface area contributed by atoms with Gasteiger partial charge >= 0.3 is 6.03 Å². The second-order valence-electron chi connectivity index (χ2n) is 6.56. The van der Waals surface area contributed by atoms with E-state index in [-0.39, 0.29) is 23.9 Å². The fourth-order valence-electron chi connectivity index (χ4n) is 1.93. The molecule has 0 saturated heterocycles. The Kier molecular flexibility index (Phi) is 6.57. The molecular weight excluding hydrogens is 292 g/mol. The van der Waals surface area contributed by atoms with Gasteiger partial charge in [-0.3, -0.25) is 4.79 Å². The van der Waals surface area contributed by atoms with Crippen LogP contribution < -0.4 is 21.7 Å². The molecule has 23 heavy (non-hydrogen) atoms. The van der Waals surface area contributed by atoms with Gasteiger partial charge in [0.15, 0.2) is 0 Å². The smallest absolute Gasteiger partial charge is 0.319 e. The number of carbonyl (C=O) groups excluding carboxylic acids is 2. The van der Waals surface area contributed by atoms with Gasteiger partial charge in [0.1, 0.15) is 0 Å². The van der Waals surface area contributed by atoms with Gasteiger partial charge in [0.25, 0.3) is 5.91 Å². The van der Waals surface area contributed by atoms with Crippen LogP contribution in [0.4, 0.5) is 10.5 Å². The molecule has 0 aliphatic rings.